The number of carboxylic acid groups (broad SMARTS) is 1. The zero-order valence-corrected chi connectivity index (χ0v) is 9.18. The molecule has 2 aliphatic rings. The molecule has 0 aliphatic heterocycles. The maximum Gasteiger partial charge on any atom is 0.304 e. The molecule has 5 heteroatoms. The topological polar surface area (TPSA) is 80.4 Å². The van der Waals surface area contributed by atoms with Gasteiger partial charge in [-0.3, -0.25) is 14.9 Å². The number of nitrogens with zero attached hydrogens (tertiary/aromatic N) is 1. The molecule has 88 valence electrons. The van der Waals surface area contributed by atoms with Gasteiger partial charge >= 0.3 is 5.97 Å². The van der Waals surface area contributed by atoms with Crippen LogP contribution in [-0.4, -0.2) is 22.5 Å². The van der Waals surface area contributed by atoms with Crippen LogP contribution in [0.5, 0.6) is 0 Å². The highest BCUT2D eigenvalue weighted by molar-refractivity contribution is 5.68. The van der Waals surface area contributed by atoms with E-state index < -0.39 is 11.4 Å². The van der Waals surface area contributed by atoms with Crippen LogP contribution >= 0.6 is 0 Å². The van der Waals surface area contributed by atoms with Crippen LogP contribution < -0.4 is 0 Å². The quantitative estimate of drug-likeness (QED) is 0.448. The van der Waals surface area contributed by atoms with E-state index in [9.17, 15) is 14.9 Å². The van der Waals surface area contributed by atoms with Crippen molar-refractivity contribution in [1.82, 2.24) is 0 Å². The van der Waals surface area contributed by atoms with Gasteiger partial charge in [-0.05, 0) is 31.6 Å². The molecule has 0 radical (unpaired) electrons. The Morgan fingerprint density at radius 3 is 2.94 bits per heavy atom. The van der Waals surface area contributed by atoms with Crippen LogP contribution in [0, 0.1) is 27.4 Å². The molecule has 0 heterocycles. The zero-order valence-electron chi connectivity index (χ0n) is 9.18. The lowest BCUT2D eigenvalue weighted by Crippen LogP contribution is -2.51. The van der Waals surface area contributed by atoms with Crippen molar-refractivity contribution < 1.29 is 14.8 Å². The second-order valence-corrected chi connectivity index (χ2v) is 5.05. The fourth-order valence-corrected chi connectivity index (χ4v) is 3.60. The van der Waals surface area contributed by atoms with Gasteiger partial charge in [-0.2, -0.15) is 0 Å². The first-order valence-electron chi connectivity index (χ1n) is 5.45. The fourth-order valence-electron chi connectivity index (χ4n) is 3.60. The highest BCUT2D eigenvalue weighted by Crippen LogP contribution is 2.60. The molecule has 1 fully saturated rings. The number of aliphatic carboxylic acids is 1. The molecule has 0 aromatic heterocycles. The lowest BCUT2D eigenvalue weighted by Gasteiger charge is -2.50. The Labute approximate surface area is 93.3 Å². The van der Waals surface area contributed by atoms with Crippen LogP contribution in [0.1, 0.15) is 26.2 Å². The Balaban J connectivity index is 2.20. The number of nitro groups is 1. The van der Waals surface area contributed by atoms with E-state index in [2.05, 4.69) is 6.08 Å². The molecule has 2 rings (SSSR count). The average Bonchev–Trinajstić information content (AvgIpc) is 2.38. The maximum atomic E-state index is 10.8. The van der Waals surface area contributed by atoms with Crippen molar-refractivity contribution in [3.8, 4) is 0 Å². The minimum atomic E-state index is -0.931. The van der Waals surface area contributed by atoms with Crippen LogP contribution in [0.3, 0.4) is 0 Å². The molecular formula is C11H15NO4. The van der Waals surface area contributed by atoms with E-state index in [1.165, 1.54) is 0 Å². The third-order valence-corrected chi connectivity index (χ3v) is 3.98. The number of fused-ring (bicyclic) bond motifs is 1. The average molecular weight is 225 g/mol. The van der Waals surface area contributed by atoms with Crippen molar-refractivity contribution >= 4 is 5.97 Å². The molecule has 0 saturated heterocycles. The van der Waals surface area contributed by atoms with E-state index in [0.29, 0.717) is 12.3 Å². The van der Waals surface area contributed by atoms with Gasteiger partial charge in [0.05, 0.1) is 11.8 Å². The molecule has 1 saturated carbocycles. The minimum absolute atomic E-state index is 0.0830. The predicted molar refractivity (Wildman–Crippen MR) is 56.5 cm³/mol. The summed E-state index contributed by atoms with van der Waals surface area (Å²) in [6.45, 7) is 1.74. The smallest absolute Gasteiger partial charge is 0.304 e. The number of hydrogen-bond donors (Lipinski definition) is 1. The molecule has 16 heavy (non-hydrogen) atoms. The van der Waals surface area contributed by atoms with Crippen LogP contribution in [0.15, 0.2) is 11.6 Å². The summed E-state index contributed by atoms with van der Waals surface area (Å²) in [5, 5.41) is 19.6. The molecule has 2 aliphatic carbocycles. The van der Waals surface area contributed by atoms with Gasteiger partial charge in [0.25, 0.3) is 0 Å². The first kappa shape index (κ1) is 11.1. The minimum Gasteiger partial charge on any atom is -0.481 e. The van der Waals surface area contributed by atoms with Gasteiger partial charge < -0.3 is 5.11 Å². The van der Waals surface area contributed by atoms with Gasteiger partial charge in [0.1, 0.15) is 0 Å². The molecule has 0 unspecified atom stereocenters. The van der Waals surface area contributed by atoms with Gasteiger partial charge in [-0.1, -0.05) is 11.6 Å². The molecular weight excluding hydrogens is 210 g/mol. The second-order valence-electron chi connectivity index (χ2n) is 5.05. The molecule has 0 bridgehead atoms. The van der Waals surface area contributed by atoms with Crippen LogP contribution in [0.4, 0.5) is 0 Å². The number of carboxylic acids is 1. The third kappa shape index (κ3) is 1.60. The maximum absolute atomic E-state index is 10.8. The summed E-state index contributed by atoms with van der Waals surface area (Å²) in [5.41, 5.74) is 0.510. The zero-order chi connectivity index (χ0) is 11.9. The molecule has 1 N–H and O–H groups in total. The van der Waals surface area contributed by atoms with Crippen LogP contribution in [0.25, 0.3) is 0 Å². The number of rotatable bonds is 4. The van der Waals surface area contributed by atoms with Crippen molar-refractivity contribution in [3.05, 3.63) is 21.8 Å². The van der Waals surface area contributed by atoms with Crippen molar-refractivity contribution in [2.24, 2.45) is 17.3 Å². The number of hydrogen-bond acceptors (Lipinski definition) is 3. The Bertz CT molecular complexity index is 358. The van der Waals surface area contributed by atoms with E-state index in [1.807, 2.05) is 6.92 Å². The third-order valence-electron chi connectivity index (χ3n) is 3.98. The summed E-state index contributed by atoms with van der Waals surface area (Å²) in [6.07, 6.45) is 3.65. The van der Waals surface area contributed by atoms with E-state index >= 15 is 0 Å². The lowest BCUT2D eigenvalue weighted by atomic mass is 9.52. The van der Waals surface area contributed by atoms with Gasteiger partial charge in [0.2, 0.25) is 6.54 Å². The second kappa shape index (κ2) is 3.57. The Hall–Kier alpha value is -1.39. The predicted octanol–water partition coefficient (Wildman–Crippen LogP) is 1.71. The monoisotopic (exact) mass is 225 g/mol. The van der Waals surface area contributed by atoms with Gasteiger partial charge in [-0.25, -0.2) is 0 Å². The summed E-state index contributed by atoms with van der Waals surface area (Å²) >= 11 is 0. The lowest BCUT2D eigenvalue weighted by molar-refractivity contribution is -0.506. The van der Waals surface area contributed by atoms with E-state index in [4.69, 9.17) is 5.11 Å². The standard InChI is InChI=1S/C11H15NO4/c1-7-2-3-8-4-11(10(7)8,5-9(13)14)6-12(15)16/h2,8,10H,3-6H2,1H3,(H,13,14)/t8-,10-,11-/m0/s1. The summed E-state index contributed by atoms with van der Waals surface area (Å²) in [5.74, 6) is -0.367. The first-order chi connectivity index (χ1) is 7.44. The Kier molecular flexibility index (Phi) is 2.48. The molecule has 3 atom stereocenters. The van der Waals surface area contributed by atoms with Gasteiger partial charge in [0.15, 0.2) is 0 Å². The summed E-state index contributed by atoms with van der Waals surface area (Å²) in [6, 6.07) is 0. The van der Waals surface area contributed by atoms with Crippen LogP contribution in [0.2, 0.25) is 0 Å². The molecule has 0 amide bonds. The van der Waals surface area contributed by atoms with E-state index in [0.717, 1.165) is 12.0 Å². The van der Waals surface area contributed by atoms with Crippen molar-refractivity contribution in [1.29, 1.82) is 0 Å². The van der Waals surface area contributed by atoms with E-state index in [-0.39, 0.29) is 23.8 Å². The largest absolute Gasteiger partial charge is 0.481 e. The van der Waals surface area contributed by atoms with Gasteiger partial charge in [0, 0.05) is 4.92 Å². The highest BCUT2D eigenvalue weighted by Gasteiger charge is 2.59. The Morgan fingerprint density at radius 2 is 2.44 bits per heavy atom. The SMILES string of the molecule is CC1=CC[C@H]2C[C@](CC(=O)O)(C[N+](=O)[O-])[C@@H]12. The first-order valence-corrected chi connectivity index (χ1v) is 5.45. The Morgan fingerprint density at radius 1 is 1.75 bits per heavy atom. The molecule has 0 aromatic rings. The van der Waals surface area contributed by atoms with Crippen molar-refractivity contribution in [3.63, 3.8) is 0 Å². The summed E-state index contributed by atoms with van der Waals surface area (Å²) in [4.78, 5) is 21.1. The molecule has 0 aromatic carbocycles. The van der Waals surface area contributed by atoms with E-state index in [1.54, 1.807) is 0 Å². The summed E-state index contributed by atoms with van der Waals surface area (Å²) in [7, 11) is 0. The highest BCUT2D eigenvalue weighted by atomic mass is 16.6. The number of carbonyl (C=O) groups is 1. The normalized spacial score (nSPS) is 36.2. The van der Waals surface area contributed by atoms with Crippen molar-refractivity contribution in [2.75, 3.05) is 6.54 Å². The van der Waals surface area contributed by atoms with Crippen LogP contribution in [-0.2, 0) is 4.79 Å². The van der Waals surface area contributed by atoms with Gasteiger partial charge in [-0.15, -0.1) is 0 Å². The summed E-state index contributed by atoms with van der Waals surface area (Å²) < 4.78 is 0. The molecule has 5 nitrogen and oxygen atoms in total. The molecule has 0 spiro atoms. The fraction of sp³-hybridized carbons (Fsp3) is 0.727. The van der Waals surface area contributed by atoms with Crippen molar-refractivity contribution in [2.45, 2.75) is 26.2 Å². The number of allylic oxidation sites excluding steroid dienone is 2.